The maximum absolute atomic E-state index is 13.1. The zero-order valence-electron chi connectivity index (χ0n) is 13.1. The molecule has 2 aliphatic rings. The third-order valence-electron chi connectivity index (χ3n) is 4.91. The molecule has 2 fully saturated rings. The Morgan fingerprint density at radius 1 is 1.29 bits per heavy atom. The molecule has 1 amide bonds. The molecule has 1 saturated carbocycles. The molecule has 1 N–H and O–H groups in total. The Morgan fingerprint density at radius 3 is 3.08 bits per heavy atom. The lowest BCUT2D eigenvalue weighted by Crippen LogP contribution is -2.31. The van der Waals surface area contributed by atoms with E-state index in [0.717, 1.165) is 42.5 Å². The minimum absolute atomic E-state index is 0.00210. The van der Waals surface area contributed by atoms with Crippen molar-refractivity contribution < 1.29 is 9.32 Å². The van der Waals surface area contributed by atoms with Gasteiger partial charge in [-0.2, -0.15) is 10.1 Å². The number of aromatic amines is 1. The predicted molar refractivity (Wildman–Crippen MR) is 85.4 cm³/mol. The first-order valence-electron chi connectivity index (χ1n) is 8.38. The number of likely N-dealkylation sites (tertiary alicyclic amines) is 1. The summed E-state index contributed by atoms with van der Waals surface area (Å²) in [6, 6.07) is 5.54. The number of carbonyl (C=O) groups excluding carboxylic acids is 1. The molecule has 7 heteroatoms. The molecule has 1 atom stereocenters. The molecule has 3 aromatic rings. The van der Waals surface area contributed by atoms with Crippen molar-refractivity contribution in [3.05, 3.63) is 41.7 Å². The van der Waals surface area contributed by atoms with Crippen molar-refractivity contribution in [2.45, 2.75) is 37.6 Å². The Balaban J connectivity index is 1.47. The van der Waals surface area contributed by atoms with Gasteiger partial charge < -0.3 is 9.42 Å². The van der Waals surface area contributed by atoms with Crippen LogP contribution in [0.3, 0.4) is 0 Å². The van der Waals surface area contributed by atoms with E-state index in [4.69, 9.17) is 4.52 Å². The smallest absolute Gasteiger partial charge is 0.255 e. The van der Waals surface area contributed by atoms with Crippen LogP contribution in [0.2, 0.25) is 0 Å². The molecule has 24 heavy (non-hydrogen) atoms. The molecule has 1 saturated heterocycles. The summed E-state index contributed by atoms with van der Waals surface area (Å²) >= 11 is 0. The van der Waals surface area contributed by atoms with Crippen molar-refractivity contribution in [1.82, 2.24) is 25.2 Å². The van der Waals surface area contributed by atoms with Crippen LogP contribution < -0.4 is 0 Å². The number of carbonyl (C=O) groups is 1. The van der Waals surface area contributed by atoms with Crippen LogP contribution in [0.15, 0.2) is 28.9 Å². The lowest BCUT2D eigenvalue weighted by atomic mass is 10.1. The second-order valence-electron chi connectivity index (χ2n) is 6.56. The summed E-state index contributed by atoms with van der Waals surface area (Å²) in [5.74, 6) is 1.79. The van der Waals surface area contributed by atoms with Crippen LogP contribution in [0.1, 0.15) is 59.7 Å². The average Bonchev–Trinajstić information content (AvgIpc) is 3.06. The van der Waals surface area contributed by atoms with Gasteiger partial charge in [-0.3, -0.25) is 9.89 Å². The second-order valence-corrected chi connectivity index (χ2v) is 6.56. The van der Waals surface area contributed by atoms with Crippen molar-refractivity contribution in [2.24, 2.45) is 0 Å². The van der Waals surface area contributed by atoms with Crippen LogP contribution in [0, 0.1) is 0 Å². The van der Waals surface area contributed by atoms with Crippen molar-refractivity contribution >= 4 is 16.8 Å². The van der Waals surface area contributed by atoms with Gasteiger partial charge in [0.15, 0.2) is 5.82 Å². The summed E-state index contributed by atoms with van der Waals surface area (Å²) in [6.45, 7) is 0.713. The lowest BCUT2D eigenvalue weighted by Gasteiger charge is -2.22. The highest BCUT2D eigenvalue weighted by atomic mass is 16.5. The van der Waals surface area contributed by atoms with Gasteiger partial charge in [0.2, 0.25) is 5.89 Å². The fourth-order valence-corrected chi connectivity index (χ4v) is 3.47. The number of hydrogen-bond acceptors (Lipinski definition) is 5. The largest absolute Gasteiger partial charge is 0.339 e. The molecule has 0 bridgehead atoms. The molecule has 122 valence electrons. The van der Waals surface area contributed by atoms with Gasteiger partial charge in [0.1, 0.15) is 0 Å². The summed E-state index contributed by atoms with van der Waals surface area (Å²) in [7, 11) is 0. The van der Waals surface area contributed by atoms with Gasteiger partial charge in [-0.05, 0) is 37.8 Å². The first-order valence-corrected chi connectivity index (χ1v) is 8.38. The molecular formula is C17H17N5O2. The van der Waals surface area contributed by atoms with Crippen molar-refractivity contribution in [3.8, 4) is 0 Å². The summed E-state index contributed by atoms with van der Waals surface area (Å²) in [6.07, 6.45) is 5.77. The van der Waals surface area contributed by atoms with E-state index in [1.807, 2.05) is 23.1 Å². The lowest BCUT2D eigenvalue weighted by molar-refractivity contribution is 0.0730. The average molecular weight is 323 g/mol. The fourth-order valence-electron chi connectivity index (χ4n) is 3.47. The van der Waals surface area contributed by atoms with E-state index >= 15 is 0 Å². The van der Waals surface area contributed by atoms with Crippen LogP contribution in [0.5, 0.6) is 0 Å². The monoisotopic (exact) mass is 323 g/mol. The van der Waals surface area contributed by atoms with Gasteiger partial charge in [-0.15, -0.1) is 0 Å². The first kappa shape index (κ1) is 13.7. The summed E-state index contributed by atoms with van der Waals surface area (Å²) in [5.41, 5.74) is 1.53. The first-order chi connectivity index (χ1) is 11.8. The number of amides is 1. The van der Waals surface area contributed by atoms with E-state index < -0.39 is 0 Å². The van der Waals surface area contributed by atoms with Crippen LogP contribution in [0.4, 0.5) is 0 Å². The number of hydrogen-bond donors (Lipinski definition) is 1. The Kier molecular flexibility index (Phi) is 2.95. The number of benzene rings is 1. The minimum atomic E-state index is -0.101. The number of nitrogens with one attached hydrogen (secondary N) is 1. The number of rotatable bonds is 3. The van der Waals surface area contributed by atoms with Crippen LogP contribution in [0.25, 0.3) is 10.9 Å². The van der Waals surface area contributed by atoms with Gasteiger partial charge in [0.25, 0.3) is 5.91 Å². The van der Waals surface area contributed by atoms with E-state index in [0.29, 0.717) is 23.9 Å². The summed E-state index contributed by atoms with van der Waals surface area (Å²) in [5, 5.41) is 11.9. The molecule has 1 aliphatic heterocycles. The maximum Gasteiger partial charge on any atom is 0.255 e. The second kappa shape index (κ2) is 5.15. The molecule has 1 aliphatic carbocycles. The Morgan fingerprint density at radius 2 is 2.21 bits per heavy atom. The molecular weight excluding hydrogens is 306 g/mol. The van der Waals surface area contributed by atoms with Gasteiger partial charge in [0.05, 0.1) is 23.3 Å². The Hall–Kier alpha value is -2.70. The third-order valence-corrected chi connectivity index (χ3v) is 4.91. The Labute approximate surface area is 138 Å². The van der Waals surface area contributed by atoms with Crippen molar-refractivity contribution in [2.75, 3.05) is 6.54 Å². The topological polar surface area (TPSA) is 87.9 Å². The molecule has 1 unspecified atom stereocenters. The van der Waals surface area contributed by atoms with Gasteiger partial charge in [-0.25, -0.2) is 0 Å². The fraction of sp³-hybridized carbons (Fsp3) is 0.412. The number of fused-ring (bicyclic) bond motifs is 1. The standard InChI is InChI=1S/C17H17N5O2/c23-17(11-3-1-4-13-12(11)9-18-20-13)22-8-2-5-14(22)15-19-16(24-21-15)10-6-7-10/h1,3-4,9-10,14H,2,5-8H2,(H,18,20). The quantitative estimate of drug-likeness (QED) is 0.800. The number of nitrogens with zero attached hydrogens (tertiary/aromatic N) is 4. The van der Waals surface area contributed by atoms with Crippen LogP contribution in [-0.4, -0.2) is 37.7 Å². The molecule has 2 aromatic heterocycles. The van der Waals surface area contributed by atoms with E-state index in [9.17, 15) is 4.79 Å². The summed E-state index contributed by atoms with van der Waals surface area (Å²) in [4.78, 5) is 19.5. The zero-order valence-corrected chi connectivity index (χ0v) is 13.1. The van der Waals surface area contributed by atoms with Crippen LogP contribution in [-0.2, 0) is 0 Å². The third kappa shape index (κ3) is 2.11. The van der Waals surface area contributed by atoms with E-state index in [2.05, 4.69) is 20.3 Å². The van der Waals surface area contributed by atoms with Gasteiger partial charge in [-0.1, -0.05) is 11.2 Å². The van der Waals surface area contributed by atoms with Crippen molar-refractivity contribution in [3.63, 3.8) is 0 Å². The van der Waals surface area contributed by atoms with Gasteiger partial charge in [0, 0.05) is 17.8 Å². The molecule has 7 nitrogen and oxygen atoms in total. The van der Waals surface area contributed by atoms with Crippen molar-refractivity contribution in [1.29, 1.82) is 0 Å². The molecule has 0 spiro atoms. The zero-order chi connectivity index (χ0) is 16.1. The Bertz CT molecular complexity index is 910. The van der Waals surface area contributed by atoms with Crippen LogP contribution >= 0.6 is 0 Å². The highest BCUT2D eigenvalue weighted by Gasteiger charge is 2.36. The normalized spacial score (nSPS) is 20.8. The predicted octanol–water partition coefficient (Wildman–Crippen LogP) is 2.80. The molecule has 1 aromatic carbocycles. The SMILES string of the molecule is O=C(c1cccc2[nH]ncc12)N1CCCC1c1noc(C2CC2)n1. The highest BCUT2D eigenvalue weighted by molar-refractivity contribution is 6.06. The van der Waals surface area contributed by atoms with E-state index in [1.165, 1.54) is 0 Å². The van der Waals surface area contributed by atoms with Gasteiger partial charge >= 0.3 is 0 Å². The summed E-state index contributed by atoms with van der Waals surface area (Å²) < 4.78 is 5.38. The highest BCUT2D eigenvalue weighted by Crippen LogP contribution is 2.40. The van der Waals surface area contributed by atoms with E-state index in [-0.39, 0.29) is 11.9 Å². The minimum Gasteiger partial charge on any atom is -0.339 e. The number of H-pyrrole nitrogens is 1. The molecule has 3 heterocycles. The molecule has 5 rings (SSSR count). The molecule has 0 radical (unpaired) electrons. The maximum atomic E-state index is 13.1. The number of aromatic nitrogens is 4. The van der Waals surface area contributed by atoms with E-state index in [1.54, 1.807) is 6.20 Å².